The molecule has 0 atom stereocenters. The van der Waals surface area contributed by atoms with Crippen LogP contribution in [0.4, 0.5) is 5.88 Å². The van der Waals surface area contributed by atoms with Crippen molar-refractivity contribution in [2.24, 2.45) is 0 Å². The predicted molar refractivity (Wildman–Crippen MR) is 89.8 cm³/mol. The molecule has 0 aliphatic carbocycles. The van der Waals surface area contributed by atoms with Crippen LogP contribution in [0, 0.1) is 0 Å². The number of nitrogens with zero attached hydrogens (tertiary/aromatic N) is 1. The van der Waals surface area contributed by atoms with Gasteiger partial charge in [-0.15, -0.1) is 6.58 Å². The Hall–Kier alpha value is -2.51. The van der Waals surface area contributed by atoms with Gasteiger partial charge < -0.3 is 14.2 Å². The van der Waals surface area contributed by atoms with E-state index in [2.05, 4.69) is 16.9 Å². The third-order valence-electron chi connectivity index (χ3n) is 3.11. The highest BCUT2D eigenvalue weighted by molar-refractivity contribution is 7.91. The van der Waals surface area contributed by atoms with Crippen molar-refractivity contribution < 1.29 is 17.3 Å². The fourth-order valence-corrected chi connectivity index (χ4v) is 3.40. The number of aromatic nitrogens is 1. The number of nitrogens with one attached hydrogen (secondary N) is 1. The number of sulfone groups is 1. The van der Waals surface area contributed by atoms with Crippen LogP contribution < -0.4 is 5.32 Å². The van der Waals surface area contributed by atoms with Gasteiger partial charge in [0.05, 0.1) is 11.2 Å². The van der Waals surface area contributed by atoms with Gasteiger partial charge in [0, 0.05) is 11.6 Å². The summed E-state index contributed by atoms with van der Waals surface area (Å²) in [5.74, 6) is 0.421. The summed E-state index contributed by atoms with van der Waals surface area (Å²) in [6.07, 6.45) is 3.03. The first kappa shape index (κ1) is 16.4. The summed E-state index contributed by atoms with van der Waals surface area (Å²) in [6, 6.07) is 9.11. The maximum atomic E-state index is 12.8. The molecule has 8 heteroatoms. The van der Waals surface area contributed by atoms with Crippen LogP contribution in [0.2, 0.25) is 5.02 Å². The predicted octanol–water partition coefficient (Wildman–Crippen LogP) is 4.02. The Labute approximate surface area is 143 Å². The van der Waals surface area contributed by atoms with Crippen molar-refractivity contribution in [2.45, 2.75) is 9.92 Å². The van der Waals surface area contributed by atoms with E-state index in [0.29, 0.717) is 17.3 Å². The van der Waals surface area contributed by atoms with Gasteiger partial charge in [-0.05, 0) is 36.4 Å². The largest absolute Gasteiger partial charge is 0.459 e. The lowest BCUT2D eigenvalue weighted by Gasteiger charge is -2.04. The topological polar surface area (TPSA) is 85.3 Å². The second-order valence-corrected chi connectivity index (χ2v) is 7.06. The standard InChI is InChI=1S/C16H13ClN2O4S/c1-2-9-18-15-16(19-14(23-15)13-4-3-10-22-13)24(20,21)12-7-5-11(17)6-8-12/h2-8,10,18H,1,9H2. The van der Waals surface area contributed by atoms with Crippen LogP contribution >= 0.6 is 11.6 Å². The molecule has 2 heterocycles. The van der Waals surface area contributed by atoms with Gasteiger partial charge in [0.1, 0.15) is 0 Å². The van der Waals surface area contributed by atoms with Gasteiger partial charge in [0.15, 0.2) is 5.76 Å². The highest BCUT2D eigenvalue weighted by atomic mass is 35.5. The van der Waals surface area contributed by atoms with Gasteiger partial charge in [-0.25, -0.2) is 8.42 Å². The Morgan fingerprint density at radius 1 is 1.25 bits per heavy atom. The van der Waals surface area contributed by atoms with E-state index < -0.39 is 9.84 Å². The Kier molecular flexibility index (Phi) is 4.46. The molecular formula is C16H13ClN2O4S. The third kappa shape index (κ3) is 3.08. The number of oxazole rings is 1. The minimum atomic E-state index is -3.89. The molecule has 0 saturated carbocycles. The Morgan fingerprint density at radius 2 is 2.00 bits per heavy atom. The van der Waals surface area contributed by atoms with Gasteiger partial charge in [0.25, 0.3) is 5.89 Å². The summed E-state index contributed by atoms with van der Waals surface area (Å²) in [7, 11) is -3.89. The molecule has 24 heavy (non-hydrogen) atoms. The van der Waals surface area contributed by atoms with E-state index in [9.17, 15) is 8.42 Å². The van der Waals surface area contributed by atoms with E-state index in [-0.39, 0.29) is 21.7 Å². The fraction of sp³-hybridized carbons (Fsp3) is 0.0625. The average Bonchev–Trinajstić information content (AvgIpc) is 3.22. The van der Waals surface area contributed by atoms with Crippen LogP contribution in [0.5, 0.6) is 0 Å². The number of halogens is 1. The second kappa shape index (κ2) is 6.54. The molecule has 0 spiro atoms. The van der Waals surface area contributed by atoms with Crippen molar-refractivity contribution in [2.75, 3.05) is 11.9 Å². The monoisotopic (exact) mass is 364 g/mol. The zero-order valence-electron chi connectivity index (χ0n) is 12.4. The molecule has 0 amide bonds. The maximum Gasteiger partial charge on any atom is 0.266 e. The molecule has 0 bridgehead atoms. The number of hydrogen-bond donors (Lipinski definition) is 1. The minimum Gasteiger partial charge on any atom is -0.459 e. The molecule has 1 aromatic carbocycles. The fourth-order valence-electron chi connectivity index (χ4n) is 2.00. The average molecular weight is 365 g/mol. The molecule has 0 aliphatic rings. The van der Waals surface area contributed by atoms with Crippen molar-refractivity contribution in [3.63, 3.8) is 0 Å². The number of rotatable bonds is 6. The summed E-state index contributed by atoms with van der Waals surface area (Å²) < 4.78 is 36.4. The summed E-state index contributed by atoms with van der Waals surface area (Å²) >= 11 is 5.81. The molecule has 2 aromatic heterocycles. The van der Waals surface area contributed by atoms with E-state index >= 15 is 0 Å². The van der Waals surface area contributed by atoms with Crippen LogP contribution in [0.15, 0.2) is 74.1 Å². The van der Waals surface area contributed by atoms with Crippen molar-refractivity contribution in [3.05, 3.63) is 60.3 Å². The zero-order chi connectivity index (χ0) is 17.2. The summed E-state index contributed by atoms with van der Waals surface area (Å²) in [5, 5.41) is 3.05. The lowest BCUT2D eigenvalue weighted by Crippen LogP contribution is -2.07. The molecule has 0 fully saturated rings. The highest BCUT2D eigenvalue weighted by Gasteiger charge is 2.29. The van der Waals surface area contributed by atoms with E-state index in [0.717, 1.165) is 0 Å². The lowest BCUT2D eigenvalue weighted by atomic mass is 10.4. The van der Waals surface area contributed by atoms with Crippen molar-refractivity contribution in [1.29, 1.82) is 0 Å². The minimum absolute atomic E-state index is 0.0243. The molecule has 3 rings (SSSR count). The van der Waals surface area contributed by atoms with Gasteiger partial charge in [-0.2, -0.15) is 4.98 Å². The molecule has 1 N–H and O–H groups in total. The van der Waals surface area contributed by atoms with Gasteiger partial charge in [0.2, 0.25) is 20.7 Å². The SMILES string of the molecule is C=CCNc1oc(-c2ccco2)nc1S(=O)(=O)c1ccc(Cl)cc1. The van der Waals surface area contributed by atoms with Crippen LogP contribution in [0.3, 0.4) is 0 Å². The van der Waals surface area contributed by atoms with Gasteiger partial charge in [-0.3, -0.25) is 0 Å². The highest BCUT2D eigenvalue weighted by Crippen LogP contribution is 2.32. The molecule has 0 saturated heterocycles. The van der Waals surface area contributed by atoms with Gasteiger partial charge >= 0.3 is 0 Å². The molecule has 3 aromatic rings. The van der Waals surface area contributed by atoms with Crippen molar-refractivity contribution in [1.82, 2.24) is 4.98 Å². The molecule has 0 radical (unpaired) electrons. The van der Waals surface area contributed by atoms with E-state index in [1.165, 1.54) is 30.5 Å². The van der Waals surface area contributed by atoms with Crippen molar-refractivity contribution in [3.8, 4) is 11.7 Å². The van der Waals surface area contributed by atoms with Crippen molar-refractivity contribution >= 4 is 27.3 Å². The van der Waals surface area contributed by atoms with Crippen LogP contribution in [-0.2, 0) is 9.84 Å². The lowest BCUT2D eigenvalue weighted by molar-refractivity contribution is 0.523. The first-order valence-corrected chi connectivity index (χ1v) is 8.78. The Bertz CT molecular complexity index is 945. The first-order chi connectivity index (χ1) is 11.5. The van der Waals surface area contributed by atoms with E-state index in [4.69, 9.17) is 20.4 Å². The zero-order valence-corrected chi connectivity index (χ0v) is 14.0. The van der Waals surface area contributed by atoms with Gasteiger partial charge in [-0.1, -0.05) is 17.7 Å². The summed E-state index contributed by atoms with van der Waals surface area (Å²) in [6.45, 7) is 3.90. The van der Waals surface area contributed by atoms with E-state index in [1.807, 2.05) is 0 Å². The molecule has 6 nitrogen and oxygen atoms in total. The summed E-state index contributed by atoms with van der Waals surface area (Å²) in [5.41, 5.74) is 0. The smallest absolute Gasteiger partial charge is 0.266 e. The molecule has 0 aliphatic heterocycles. The Morgan fingerprint density at radius 3 is 2.62 bits per heavy atom. The number of benzene rings is 1. The molecule has 0 unspecified atom stereocenters. The molecule has 124 valence electrons. The number of hydrogen-bond acceptors (Lipinski definition) is 6. The molecular weight excluding hydrogens is 352 g/mol. The Balaban J connectivity index is 2.10. The normalized spacial score (nSPS) is 11.4. The summed E-state index contributed by atoms with van der Waals surface area (Å²) in [4.78, 5) is 4.16. The number of anilines is 1. The quantitative estimate of drug-likeness (QED) is 0.665. The van der Waals surface area contributed by atoms with Crippen LogP contribution in [0.1, 0.15) is 0 Å². The maximum absolute atomic E-state index is 12.8. The van der Waals surface area contributed by atoms with Crippen LogP contribution in [0.25, 0.3) is 11.7 Å². The van der Waals surface area contributed by atoms with Crippen LogP contribution in [-0.4, -0.2) is 19.9 Å². The second-order valence-electron chi connectivity index (χ2n) is 4.76. The number of furan rings is 1. The first-order valence-electron chi connectivity index (χ1n) is 6.92. The van der Waals surface area contributed by atoms with E-state index in [1.54, 1.807) is 18.2 Å². The third-order valence-corrected chi connectivity index (χ3v) is 5.04.